The van der Waals surface area contributed by atoms with Gasteiger partial charge in [0.2, 0.25) is 5.91 Å². The maximum atomic E-state index is 13.7. The Hall–Kier alpha value is -3.92. The molecule has 3 aromatic carbocycles. The van der Waals surface area contributed by atoms with Crippen molar-refractivity contribution in [3.05, 3.63) is 72.3 Å². The molecular formula is C26H30N2O7S. The van der Waals surface area contributed by atoms with E-state index in [1.807, 2.05) is 0 Å². The van der Waals surface area contributed by atoms with Crippen LogP contribution in [0.25, 0.3) is 0 Å². The molecule has 192 valence electrons. The van der Waals surface area contributed by atoms with Crippen LogP contribution >= 0.6 is 0 Å². The number of carbonyl (C=O) groups is 1. The second kappa shape index (κ2) is 11.7. The number of methoxy groups -OCH3 is 4. The molecule has 0 aliphatic carbocycles. The van der Waals surface area contributed by atoms with Crippen LogP contribution in [-0.2, 0) is 14.8 Å². The molecule has 0 aromatic heterocycles. The molecule has 3 rings (SSSR count). The van der Waals surface area contributed by atoms with Crippen molar-refractivity contribution in [1.82, 2.24) is 5.32 Å². The average Bonchev–Trinajstić information content (AvgIpc) is 2.91. The van der Waals surface area contributed by atoms with Crippen LogP contribution in [0.5, 0.6) is 23.0 Å². The summed E-state index contributed by atoms with van der Waals surface area (Å²) in [4.78, 5) is 13.3. The van der Waals surface area contributed by atoms with Crippen LogP contribution < -0.4 is 28.6 Å². The van der Waals surface area contributed by atoms with Crippen LogP contribution in [0.1, 0.15) is 18.5 Å². The number of anilines is 1. The van der Waals surface area contributed by atoms with E-state index in [2.05, 4.69) is 5.32 Å². The lowest BCUT2D eigenvalue weighted by Gasteiger charge is -2.27. The van der Waals surface area contributed by atoms with E-state index >= 15 is 0 Å². The van der Waals surface area contributed by atoms with Crippen LogP contribution in [0.4, 0.5) is 5.69 Å². The number of amides is 1. The Kier molecular flexibility index (Phi) is 8.65. The number of rotatable bonds is 11. The highest BCUT2D eigenvalue weighted by molar-refractivity contribution is 7.92. The fourth-order valence-corrected chi connectivity index (χ4v) is 5.13. The largest absolute Gasteiger partial charge is 0.497 e. The summed E-state index contributed by atoms with van der Waals surface area (Å²) < 4.78 is 49.8. The summed E-state index contributed by atoms with van der Waals surface area (Å²) in [5.74, 6) is 1.31. The number of hydrogen-bond donors (Lipinski definition) is 1. The van der Waals surface area contributed by atoms with E-state index in [0.717, 1.165) is 4.31 Å². The van der Waals surface area contributed by atoms with Gasteiger partial charge in [0.05, 0.1) is 45.1 Å². The van der Waals surface area contributed by atoms with E-state index in [1.165, 1.54) is 39.5 Å². The van der Waals surface area contributed by atoms with Crippen LogP contribution in [0.3, 0.4) is 0 Å². The summed E-state index contributed by atoms with van der Waals surface area (Å²) in [6.07, 6.45) is 0. The van der Waals surface area contributed by atoms with Gasteiger partial charge in [-0.2, -0.15) is 0 Å². The molecule has 1 atom stereocenters. The Balaban J connectivity index is 1.99. The van der Waals surface area contributed by atoms with Gasteiger partial charge in [-0.1, -0.05) is 18.2 Å². The van der Waals surface area contributed by atoms with Crippen molar-refractivity contribution in [3.63, 3.8) is 0 Å². The van der Waals surface area contributed by atoms with E-state index in [4.69, 9.17) is 18.9 Å². The van der Waals surface area contributed by atoms with Gasteiger partial charge < -0.3 is 24.3 Å². The van der Waals surface area contributed by atoms with Gasteiger partial charge in [0.1, 0.15) is 29.5 Å². The summed E-state index contributed by atoms with van der Waals surface area (Å²) in [7, 11) is 1.83. The van der Waals surface area contributed by atoms with Gasteiger partial charge in [-0.05, 0) is 49.4 Å². The normalized spacial score (nSPS) is 11.8. The summed E-state index contributed by atoms with van der Waals surface area (Å²) in [5.41, 5.74) is 0.851. The lowest BCUT2D eigenvalue weighted by atomic mass is 10.1. The summed E-state index contributed by atoms with van der Waals surface area (Å²) in [6.45, 7) is 1.27. The zero-order chi connectivity index (χ0) is 26.3. The van der Waals surface area contributed by atoms with E-state index in [0.29, 0.717) is 22.8 Å². The minimum absolute atomic E-state index is 0.0326. The van der Waals surface area contributed by atoms with Crippen molar-refractivity contribution in [2.75, 3.05) is 39.3 Å². The predicted octanol–water partition coefficient (Wildman–Crippen LogP) is 3.79. The minimum atomic E-state index is -4.14. The van der Waals surface area contributed by atoms with Crippen molar-refractivity contribution in [2.24, 2.45) is 0 Å². The third-order valence-corrected chi connectivity index (χ3v) is 7.33. The summed E-state index contributed by atoms with van der Waals surface area (Å²) in [6, 6.07) is 17.4. The first-order valence-corrected chi connectivity index (χ1v) is 12.5. The fourth-order valence-electron chi connectivity index (χ4n) is 3.68. The minimum Gasteiger partial charge on any atom is -0.497 e. The van der Waals surface area contributed by atoms with Gasteiger partial charge in [-0.15, -0.1) is 0 Å². The highest BCUT2D eigenvalue weighted by Gasteiger charge is 2.30. The monoisotopic (exact) mass is 514 g/mol. The summed E-state index contributed by atoms with van der Waals surface area (Å²) >= 11 is 0. The van der Waals surface area contributed by atoms with Gasteiger partial charge in [0.15, 0.2) is 0 Å². The molecule has 0 heterocycles. The van der Waals surface area contributed by atoms with Crippen LogP contribution in [0.15, 0.2) is 71.6 Å². The number of ether oxygens (including phenoxy) is 4. The van der Waals surface area contributed by atoms with Crippen LogP contribution in [-0.4, -0.2) is 49.3 Å². The number of hydrogen-bond acceptors (Lipinski definition) is 7. The van der Waals surface area contributed by atoms with Gasteiger partial charge in [0.25, 0.3) is 10.0 Å². The van der Waals surface area contributed by atoms with Gasteiger partial charge in [0, 0.05) is 11.6 Å². The van der Waals surface area contributed by atoms with Crippen molar-refractivity contribution in [1.29, 1.82) is 0 Å². The molecule has 1 amide bonds. The van der Waals surface area contributed by atoms with Gasteiger partial charge in [-0.3, -0.25) is 9.10 Å². The molecule has 0 aliphatic rings. The number of nitrogens with one attached hydrogen (secondary N) is 1. The molecule has 9 nitrogen and oxygen atoms in total. The highest BCUT2D eigenvalue weighted by atomic mass is 32.2. The number of sulfonamides is 1. The quantitative estimate of drug-likeness (QED) is 0.415. The third-order valence-electron chi connectivity index (χ3n) is 5.55. The molecule has 0 spiro atoms. The van der Waals surface area contributed by atoms with E-state index in [1.54, 1.807) is 62.6 Å². The van der Waals surface area contributed by atoms with Crippen LogP contribution in [0.2, 0.25) is 0 Å². The van der Waals surface area contributed by atoms with Crippen molar-refractivity contribution >= 4 is 21.6 Å². The number of nitrogens with zero attached hydrogens (tertiary/aromatic N) is 1. The number of benzene rings is 3. The van der Waals surface area contributed by atoms with Crippen LogP contribution in [0, 0.1) is 0 Å². The molecule has 0 saturated carbocycles. The fraction of sp³-hybridized carbons (Fsp3) is 0.269. The second-order valence-corrected chi connectivity index (χ2v) is 9.62. The average molecular weight is 515 g/mol. The van der Waals surface area contributed by atoms with Crippen molar-refractivity contribution in [2.45, 2.75) is 17.9 Å². The molecule has 0 radical (unpaired) electrons. The molecule has 0 aliphatic heterocycles. The maximum Gasteiger partial charge on any atom is 0.264 e. The molecule has 0 bridgehead atoms. The topological polar surface area (TPSA) is 103 Å². The SMILES string of the molecule is COc1ccc(OC)c([C@@H](C)NC(=O)CN(c2cc(OC)ccc2OC)S(=O)(=O)c2ccccc2)c1. The molecule has 0 fully saturated rings. The highest BCUT2D eigenvalue weighted by Crippen LogP contribution is 2.36. The van der Waals surface area contributed by atoms with Gasteiger partial charge >= 0.3 is 0 Å². The molecular weight excluding hydrogens is 484 g/mol. The Morgan fingerprint density at radius 1 is 0.833 bits per heavy atom. The molecule has 1 N–H and O–H groups in total. The van der Waals surface area contributed by atoms with Crippen molar-refractivity contribution in [3.8, 4) is 23.0 Å². The molecule has 3 aromatic rings. The Morgan fingerprint density at radius 3 is 2.00 bits per heavy atom. The third kappa shape index (κ3) is 5.83. The Labute approximate surface area is 211 Å². The first-order valence-electron chi connectivity index (χ1n) is 11.1. The Bertz CT molecular complexity index is 1300. The van der Waals surface area contributed by atoms with E-state index in [9.17, 15) is 13.2 Å². The Morgan fingerprint density at radius 2 is 1.42 bits per heavy atom. The lowest BCUT2D eigenvalue weighted by molar-refractivity contribution is -0.120. The second-order valence-electron chi connectivity index (χ2n) is 7.76. The zero-order valence-electron chi connectivity index (χ0n) is 20.8. The van der Waals surface area contributed by atoms with Crippen molar-refractivity contribution < 1.29 is 32.2 Å². The molecule has 36 heavy (non-hydrogen) atoms. The smallest absolute Gasteiger partial charge is 0.264 e. The zero-order valence-corrected chi connectivity index (χ0v) is 21.7. The standard InChI is InChI=1S/C26H30N2O7S/c1-18(22-15-19(32-2)11-13-24(22)34-4)27-26(29)17-28(36(30,31)21-9-7-6-8-10-21)23-16-20(33-3)12-14-25(23)35-5/h6-16,18H,17H2,1-5H3,(H,27,29)/t18-/m1/s1. The first-order chi connectivity index (χ1) is 17.2. The predicted molar refractivity (Wildman–Crippen MR) is 137 cm³/mol. The first kappa shape index (κ1) is 26.7. The lowest BCUT2D eigenvalue weighted by Crippen LogP contribution is -2.41. The van der Waals surface area contributed by atoms with E-state index in [-0.39, 0.29) is 16.3 Å². The summed E-state index contributed by atoms with van der Waals surface area (Å²) in [5, 5.41) is 2.86. The molecule has 0 saturated heterocycles. The molecule has 10 heteroatoms. The number of carbonyl (C=O) groups excluding carboxylic acids is 1. The van der Waals surface area contributed by atoms with E-state index < -0.39 is 28.5 Å². The van der Waals surface area contributed by atoms with Gasteiger partial charge in [-0.25, -0.2) is 8.42 Å². The molecule has 0 unspecified atom stereocenters. The maximum absolute atomic E-state index is 13.7.